The molecule has 0 saturated heterocycles. The number of thioether (sulfide) groups is 1. The van der Waals surface area contributed by atoms with Crippen molar-refractivity contribution in [2.45, 2.75) is 51.6 Å². The summed E-state index contributed by atoms with van der Waals surface area (Å²) >= 11 is 1.41. The maximum absolute atomic E-state index is 12.7. The fourth-order valence-corrected chi connectivity index (χ4v) is 4.85. The standard InChI is InChI=1S/C22H24F3NO3S/c1-2-14-11-16(27)4-5-17(14)21-18(28)9-13(10-19(21)29)7-8-30-20-6-3-15(12-26-20)22(23,24)25/h4-5,11-13,27-28H,2-3,6-10H2,1H3. The van der Waals surface area contributed by atoms with Gasteiger partial charge in [0.15, 0.2) is 5.78 Å². The van der Waals surface area contributed by atoms with E-state index in [0.29, 0.717) is 47.6 Å². The van der Waals surface area contributed by atoms with Gasteiger partial charge < -0.3 is 10.2 Å². The molecule has 162 valence electrons. The molecule has 0 bridgehead atoms. The van der Waals surface area contributed by atoms with E-state index in [0.717, 1.165) is 11.8 Å². The first kappa shape index (κ1) is 22.5. The third-order valence-electron chi connectivity index (χ3n) is 5.39. The summed E-state index contributed by atoms with van der Waals surface area (Å²) in [4.78, 5) is 16.7. The molecule has 30 heavy (non-hydrogen) atoms. The number of hydrogen-bond donors (Lipinski definition) is 2. The van der Waals surface area contributed by atoms with Gasteiger partial charge in [-0.15, -0.1) is 11.8 Å². The smallest absolute Gasteiger partial charge is 0.414 e. The fourth-order valence-electron chi connectivity index (χ4n) is 3.79. The highest BCUT2D eigenvalue weighted by Crippen LogP contribution is 2.37. The quantitative estimate of drug-likeness (QED) is 0.594. The molecule has 0 radical (unpaired) electrons. The number of hydrogen-bond acceptors (Lipinski definition) is 5. The highest BCUT2D eigenvalue weighted by Gasteiger charge is 2.34. The number of aliphatic hydroxyl groups is 1. The lowest BCUT2D eigenvalue weighted by atomic mass is 9.81. The van der Waals surface area contributed by atoms with Gasteiger partial charge in [0.1, 0.15) is 11.5 Å². The number of alkyl halides is 3. The van der Waals surface area contributed by atoms with Crippen LogP contribution in [-0.4, -0.2) is 33.0 Å². The number of Topliss-reactive ketones (excluding diaryl/α,β-unsaturated/α-hetero) is 1. The van der Waals surface area contributed by atoms with Crippen LogP contribution in [0.4, 0.5) is 13.2 Å². The average molecular weight is 439 g/mol. The predicted molar refractivity (Wildman–Crippen MR) is 113 cm³/mol. The number of carbonyl (C=O) groups is 1. The zero-order chi connectivity index (χ0) is 21.9. The number of benzene rings is 1. The molecule has 1 aliphatic carbocycles. The molecule has 1 heterocycles. The summed E-state index contributed by atoms with van der Waals surface area (Å²) in [7, 11) is 0. The van der Waals surface area contributed by atoms with Gasteiger partial charge >= 0.3 is 6.18 Å². The summed E-state index contributed by atoms with van der Waals surface area (Å²) in [5.41, 5.74) is 1.19. The van der Waals surface area contributed by atoms with E-state index in [1.165, 1.54) is 17.8 Å². The van der Waals surface area contributed by atoms with Crippen LogP contribution in [0.2, 0.25) is 0 Å². The second-order valence-electron chi connectivity index (χ2n) is 7.53. The summed E-state index contributed by atoms with van der Waals surface area (Å²) in [6.07, 6.45) is -1.21. The van der Waals surface area contributed by atoms with Crippen molar-refractivity contribution >= 4 is 28.2 Å². The number of aromatic hydroxyl groups is 1. The molecule has 0 fully saturated rings. The summed E-state index contributed by atoms with van der Waals surface area (Å²) in [5.74, 6) is 0.683. The molecule has 2 aliphatic rings. The lowest BCUT2D eigenvalue weighted by molar-refractivity contribution is -0.115. The highest BCUT2D eigenvalue weighted by atomic mass is 32.2. The number of phenolic OH excluding ortho intramolecular Hbond substituents is 1. The van der Waals surface area contributed by atoms with E-state index in [2.05, 4.69) is 4.99 Å². The van der Waals surface area contributed by atoms with E-state index in [4.69, 9.17) is 0 Å². The van der Waals surface area contributed by atoms with Gasteiger partial charge in [-0.3, -0.25) is 9.79 Å². The third kappa shape index (κ3) is 5.28. The van der Waals surface area contributed by atoms with Gasteiger partial charge in [-0.1, -0.05) is 13.0 Å². The molecule has 2 N–H and O–H groups in total. The van der Waals surface area contributed by atoms with E-state index < -0.39 is 11.7 Å². The largest absolute Gasteiger partial charge is 0.512 e. The summed E-state index contributed by atoms with van der Waals surface area (Å²) in [6, 6.07) is 4.78. The van der Waals surface area contributed by atoms with Crippen LogP contribution in [0.15, 0.2) is 40.7 Å². The van der Waals surface area contributed by atoms with Crippen molar-refractivity contribution in [1.82, 2.24) is 0 Å². The Bertz CT molecular complexity index is 919. The number of nitrogens with zero attached hydrogens (tertiary/aromatic N) is 1. The van der Waals surface area contributed by atoms with Crippen molar-refractivity contribution < 1.29 is 28.2 Å². The Morgan fingerprint density at radius 2 is 1.97 bits per heavy atom. The van der Waals surface area contributed by atoms with Crippen LogP contribution < -0.4 is 0 Å². The van der Waals surface area contributed by atoms with E-state index >= 15 is 0 Å². The third-order valence-corrected chi connectivity index (χ3v) is 6.48. The Balaban J connectivity index is 1.61. The molecule has 1 unspecified atom stereocenters. The predicted octanol–water partition coefficient (Wildman–Crippen LogP) is 5.96. The molecule has 1 aliphatic heterocycles. The Hall–Kier alpha value is -2.22. The molecule has 1 aromatic carbocycles. The van der Waals surface area contributed by atoms with Crippen LogP contribution in [-0.2, 0) is 11.2 Å². The number of halogens is 3. The zero-order valence-electron chi connectivity index (χ0n) is 16.6. The molecule has 0 spiro atoms. The zero-order valence-corrected chi connectivity index (χ0v) is 17.4. The van der Waals surface area contributed by atoms with Crippen LogP contribution in [0.1, 0.15) is 50.2 Å². The van der Waals surface area contributed by atoms with Gasteiger partial charge in [0.25, 0.3) is 0 Å². The van der Waals surface area contributed by atoms with Crippen LogP contribution in [0, 0.1) is 5.92 Å². The number of carbonyl (C=O) groups excluding carboxylic acids is 1. The first-order valence-corrected chi connectivity index (χ1v) is 10.9. The first-order chi connectivity index (χ1) is 14.2. The number of aliphatic hydroxyl groups excluding tert-OH is 1. The van der Waals surface area contributed by atoms with Crippen molar-refractivity contribution in [3.63, 3.8) is 0 Å². The molecule has 3 rings (SSSR count). The number of phenols is 1. The number of rotatable bonds is 5. The van der Waals surface area contributed by atoms with Gasteiger partial charge in [0.2, 0.25) is 0 Å². The molecule has 0 saturated carbocycles. The minimum atomic E-state index is -4.32. The summed E-state index contributed by atoms with van der Waals surface area (Å²) in [6.45, 7) is 1.92. The van der Waals surface area contributed by atoms with Crippen LogP contribution in [0.25, 0.3) is 5.57 Å². The van der Waals surface area contributed by atoms with Crippen molar-refractivity contribution in [3.8, 4) is 5.75 Å². The topological polar surface area (TPSA) is 69.9 Å². The van der Waals surface area contributed by atoms with E-state index in [-0.39, 0.29) is 36.1 Å². The molecular formula is C22H24F3NO3S. The average Bonchev–Trinajstić information content (AvgIpc) is 2.68. The number of allylic oxidation sites excluding steroid dienone is 3. The molecule has 4 nitrogen and oxygen atoms in total. The van der Waals surface area contributed by atoms with Crippen LogP contribution in [0.5, 0.6) is 5.75 Å². The lowest BCUT2D eigenvalue weighted by Gasteiger charge is -2.25. The summed E-state index contributed by atoms with van der Waals surface area (Å²) < 4.78 is 37.9. The van der Waals surface area contributed by atoms with Gasteiger partial charge in [-0.05, 0) is 60.6 Å². The van der Waals surface area contributed by atoms with E-state index in [1.54, 1.807) is 12.1 Å². The van der Waals surface area contributed by atoms with E-state index in [1.807, 2.05) is 6.92 Å². The first-order valence-electron chi connectivity index (χ1n) is 9.92. The number of aliphatic imine (C=N–C) groups is 1. The maximum Gasteiger partial charge on any atom is 0.414 e. The van der Waals surface area contributed by atoms with Gasteiger partial charge in [-0.2, -0.15) is 13.2 Å². The van der Waals surface area contributed by atoms with Crippen molar-refractivity contribution in [1.29, 1.82) is 0 Å². The Kier molecular flexibility index (Phi) is 6.95. The second-order valence-corrected chi connectivity index (χ2v) is 8.69. The molecule has 0 amide bonds. The Morgan fingerprint density at radius 1 is 1.20 bits per heavy atom. The van der Waals surface area contributed by atoms with E-state index in [9.17, 15) is 28.2 Å². The SMILES string of the molecule is CCc1cc(O)ccc1C1=C(O)CC(CCSC2=NC=C(C(F)(F)F)CC2)CC1=O. The molecular weight excluding hydrogens is 415 g/mol. The van der Waals surface area contributed by atoms with Crippen LogP contribution in [0.3, 0.4) is 0 Å². The second kappa shape index (κ2) is 9.29. The number of ketones is 1. The summed E-state index contributed by atoms with van der Waals surface area (Å²) in [5, 5.41) is 20.9. The minimum Gasteiger partial charge on any atom is -0.512 e. The van der Waals surface area contributed by atoms with Crippen molar-refractivity contribution in [2.75, 3.05) is 5.75 Å². The van der Waals surface area contributed by atoms with Crippen molar-refractivity contribution in [2.24, 2.45) is 10.9 Å². The van der Waals surface area contributed by atoms with Gasteiger partial charge in [-0.25, -0.2) is 0 Å². The van der Waals surface area contributed by atoms with Crippen LogP contribution >= 0.6 is 11.8 Å². The monoisotopic (exact) mass is 439 g/mol. The molecule has 8 heteroatoms. The molecule has 1 atom stereocenters. The molecule has 1 aromatic rings. The minimum absolute atomic E-state index is 0.0126. The lowest BCUT2D eigenvalue weighted by Crippen LogP contribution is -2.20. The normalized spacial score (nSPS) is 20.3. The maximum atomic E-state index is 12.7. The van der Waals surface area contributed by atoms with Gasteiger partial charge in [0, 0.05) is 19.0 Å². The fraction of sp³-hybridized carbons (Fsp3) is 0.455. The Morgan fingerprint density at radius 3 is 2.57 bits per heavy atom. The number of aryl methyl sites for hydroxylation is 1. The Labute approximate surface area is 177 Å². The highest BCUT2D eigenvalue weighted by molar-refractivity contribution is 8.13. The van der Waals surface area contributed by atoms with Crippen molar-refractivity contribution in [3.05, 3.63) is 46.9 Å². The van der Waals surface area contributed by atoms with Gasteiger partial charge in [0.05, 0.1) is 16.2 Å². The molecule has 0 aromatic heterocycles.